The fraction of sp³-hybridized carbons (Fsp3) is 0. The first-order valence-corrected chi connectivity index (χ1v) is 28.0. The molecule has 84 heavy (non-hydrogen) atoms. The summed E-state index contributed by atoms with van der Waals surface area (Å²) >= 11 is 0. The van der Waals surface area contributed by atoms with E-state index in [-0.39, 0.29) is 0 Å². The SMILES string of the molecule is [3H]c1cccc(-c2ccc(N(c3ccccc3)c3ccc(Oc4cccc(N(c5ccccc5)c5ccc(N(c6ccccc6)c6ccc(Oc7cccc(N(c8ccccc8)c8ccc(-c9cccc([3H])c9)cc8)c7)cc6)cc5)c4)cc3)cc2)c1. The van der Waals surface area contributed by atoms with Crippen LogP contribution < -0.4 is 29.1 Å². The van der Waals surface area contributed by atoms with Crippen LogP contribution in [0.25, 0.3) is 22.3 Å². The average Bonchev–Trinajstić information content (AvgIpc) is 2.82. The van der Waals surface area contributed by atoms with E-state index in [2.05, 4.69) is 226 Å². The Kier molecular flexibility index (Phi) is 14.5. The van der Waals surface area contributed by atoms with E-state index in [4.69, 9.17) is 12.2 Å². The monoisotopic (exact) mass is 1090 g/mol. The standard InChI is InChI=1S/C78H58N4O2/c1-7-21-59(22-8-1)61-37-41-67(42-38-61)79(63-25-11-3-12-26-63)71-49-53-75(54-50-71)84-78-36-20-34-74(58-78)82(66-31-17-6-18-32-66)70-47-45-69(46-48-70)80(64-27-13-4-14-28-64)72-51-55-76(56-52-72)83-77-35-19-33-73(57-77)81(65-29-15-5-16-30-65)68-43-39-62(40-44-68)60-23-9-2-10-24-60/h1-58H/i7T,9T. The molecule has 0 heterocycles. The summed E-state index contributed by atoms with van der Waals surface area (Å²) in [4.78, 5) is 8.95. The topological polar surface area (TPSA) is 31.4 Å². The molecule has 0 unspecified atom stereocenters. The van der Waals surface area contributed by atoms with Crippen molar-refractivity contribution in [2.45, 2.75) is 0 Å². The summed E-state index contributed by atoms with van der Waals surface area (Å²) in [6, 6.07) is 116. The average molecular weight is 1090 g/mol. The molecule has 0 spiro atoms. The van der Waals surface area contributed by atoms with Gasteiger partial charge in [-0.05, 0) is 192 Å². The third-order valence-electron chi connectivity index (χ3n) is 14.6. The zero-order chi connectivity index (χ0) is 58.0. The van der Waals surface area contributed by atoms with Gasteiger partial charge in [0.25, 0.3) is 0 Å². The van der Waals surface area contributed by atoms with Gasteiger partial charge < -0.3 is 29.1 Å². The van der Waals surface area contributed by atoms with Gasteiger partial charge >= 0.3 is 0 Å². The number of hydrogen-bond acceptors (Lipinski definition) is 6. The second-order valence-electron chi connectivity index (χ2n) is 20.1. The molecule has 0 saturated carbocycles. The Bertz CT molecular complexity index is 4350. The highest BCUT2D eigenvalue weighted by Crippen LogP contribution is 2.43. The number of para-hydroxylation sites is 4. The van der Waals surface area contributed by atoms with E-state index in [0.717, 1.165) is 90.5 Å². The molecule has 13 aromatic rings. The van der Waals surface area contributed by atoms with E-state index >= 15 is 0 Å². The molecule has 0 atom stereocenters. The van der Waals surface area contributed by atoms with Gasteiger partial charge in [0.15, 0.2) is 0 Å². The molecule has 6 nitrogen and oxygen atoms in total. The lowest BCUT2D eigenvalue weighted by atomic mass is 10.0. The molecule has 13 rings (SSSR count). The number of anilines is 12. The van der Waals surface area contributed by atoms with E-state index in [1.165, 1.54) is 0 Å². The van der Waals surface area contributed by atoms with Crippen molar-refractivity contribution in [3.8, 4) is 45.3 Å². The van der Waals surface area contributed by atoms with Crippen LogP contribution in [0.15, 0.2) is 352 Å². The third kappa shape index (κ3) is 11.8. The first kappa shape index (κ1) is 49.7. The van der Waals surface area contributed by atoms with Crippen molar-refractivity contribution >= 4 is 68.2 Å². The van der Waals surface area contributed by atoms with Crippen LogP contribution in [0.4, 0.5) is 68.2 Å². The Hall–Kier alpha value is -11.3. The molecule has 0 aromatic heterocycles. The van der Waals surface area contributed by atoms with Crippen LogP contribution in [-0.2, 0) is 0 Å². The minimum atomic E-state index is 0.488. The van der Waals surface area contributed by atoms with Crippen molar-refractivity contribution < 1.29 is 12.2 Å². The maximum atomic E-state index is 8.13. The van der Waals surface area contributed by atoms with Crippen molar-refractivity contribution in [3.63, 3.8) is 0 Å². The fourth-order valence-electron chi connectivity index (χ4n) is 10.6. The zero-order valence-corrected chi connectivity index (χ0v) is 45.9. The van der Waals surface area contributed by atoms with Gasteiger partial charge in [-0.3, -0.25) is 0 Å². The smallest absolute Gasteiger partial charge is 0.129 e. The Morgan fingerprint density at radius 3 is 0.726 bits per heavy atom. The molecular formula is C78H58N4O2. The van der Waals surface area contributed by atoms with Crippen LogP contribution in [0, 0.1) is 0 Å². The molecule has 0 radical (unpaired) electrons. The van der Waals surface area contributed by atoms with Crippen LogP contribution in [0.1, 0.15) is 2.74 Å². The minimum absolute atomic E-state index is 0.488. The summed E-state index contributed by atoms with van der Waals surface area (Å²) in [5.41, 5.74) is 16.1. The highest BCUT2D eigenvalue weighted by Gasteiger charge is 2.19. The van der Waals surface area contributed by atoms with E-state index in [1.54, 1.807) is 12.1 Å². The second kappa shape index (κ2) is 24.6. The van der Waals surface area contributed by atoms with Gasteiger partial charge in [0.2, 0.25) is 0 Å². The van der Waals surface area contributed by atoms with E-state index in [0.29, 0.717) is 35.1 Å². The summed E-state index contributed by atoms with van der Waals surface area (Å²) in [6.45, 7) is 0. The predicted molar refractivity (Wildman–Crippen MR) is 349 cm³/mol. The van der Waals surface area contributed by atoms with Gasteiger partial charge in [-0.15, -0.1) is 0 Å². The summed E-state index contributed by atoms with van der Waals surface area (Å²) in [7, 11) is 0. The molecule has 0 amide bonds. The van der Waals surface area contributed by atoms with Crippen molar-refractivity contribution in [1.82, 2.24) is 0 Å². The van der Waals surface area contributed by atoms with Gasteiger partial charge in [0, 0.05) is 80.4 Å². The van der Waals surface area contributed by atoms with Crippen molar-refractivity contribution in [1.29, 1.82) is 0 Å². The van der Waals surface area contributed by atoms with Crippen LogP contribution in [-0.4, -0.2) is 0 Å². The molecule has 0 N–H and O–H groups in total. The quantitative estimate of drug-likeness (QED) is 0.0851. The molecule has 0 aliphatic rings. The molecule has 13 aromatic carbocycles. The highest BCUT2D eigenvalue weighted by atomic mass is 16.5. The second-order valence-corrected chi connectivity index (χ2v) is 20.1. The lowest BCUT2D eigenvalue weighted by Gasteiger charge is -2.28. The maximum Gasteiger partial charge on any atom is 0.129 e. The van der Waals surface area contributed by atoms with E-state index < -0.39 is 0 Å². The van der Waals surface area contributed by atoms with Crippen LogP contribution >= 0.6 is 0 Å². The number of ether oxygens (including phenoxy) is 2. The predicted octanol–water partition coefficient (Wildman–Crippen LogP) is 22.5. The third-order valence-corrected chi connectivity index (χ3v) is 14.6. The number of rotatable bonds is 18. The molecule has 0 fully saturated rings. The van der Waals surface area contributed by atoms with Crippen LogP contribution in [0.3, 0.4) is 0 Å². The molecule has 0 aliphatic carbocycles. The van der Waals surface area contributed by atoms with Crippen LogP contribution in [0.2, 0.25) is 0 Å². The summed E-state index contributed by atoms with van der Waals surface area (Å²) in [6.07, 6.45) is 0. The zero-order valence-electron chi connectivity index (χ0n) is 47.9. The van der Waals surface area contributed by atoms with Crippen molar-refractivity contribution in [2.75, 3.05) is 19.6 Å². The normalized spacial score (nSPS) is 11.2. The van der Waals surface area contributed by atoms with Crippen molar-refractivity contribution in [3.05, 3.63) is 352 Å². The Balaban J connectivity index is 0.740. The first-order chi connectivity index (χ1) is 42.4. The number of hydrogen-bond donors (Lipinski definition) is 0. The lowest BCUT2D eigenvalue weighted by molar-refractivity contribution is 0.482. The lowest BCUT2D eigenvalue weighted by Crippen LogP contribution is -2.12. The van der Waals surface area contributed by atoms with Gasteiger partial charge in [0.05, 0.1) is 2.74 Å². The fourth-order valence-corrected chi connectivity index (χ4v) is 10.6. The molecule has 6 heteroatoms. The molecule has 0 bridgehead atoms. The van der Waals surface area contributed by atoms with Gasteiger partial charge in [-0.2, -0.15) is 0 Å². The summed E-state index contributed by atoms with van der Waals surface area (Å²) in [5.74, 6) is 2.85. The highest BCUT2D eigenvalue weighted by molar-refractivity contribution is 5.83. The number of benzene rings is 13. The molecule has 0 aliphatic heterocycles. The summed E-state index contributed by atoms with van der Waals surface area (Å²) < 4.78 is 29.5. The Morgan fingerprint density at radius 2 is 0.417 bits per heavy atom. The minimum Gasteiger partial charge on any atom is -0.457 e. The largest absolute Gasteiger partial charge is 0.457 e. The molecular weight excluding hydrogens is 1020 g/mol. The van der Waals surface area contributed by atoms with Crippen molar-refractivity contribution in [2.24, 2.45) is 0 Å². The Morgan fingerprint density at radius 1 is 0.179 bits per heavy atom. The van der Waals surface area contributed by atoms with E-state index in [1.807, 2.05) is 121 Å². The van der Waals surface area contributed by atoms with E-state index in [9.17, 15) is 0 Å². The maximum absolute atomic E-state index is 8.13. The Labute approximate surface area is 494 Å². The van der Waals surface area contributed by atoms with Gasteiger partial charge in [-0.1, -0.05) is 170 Å². The van der Waals surface area contributed by atoms with Crippen LogP contribution in [0.5, 0.6) is 23.0 Å². The molecule has 0 saturated heterocycles. The van der Waals surface area contributed by atoms with Gasteiger partial charge in [0.1, 0.15) is 23.0 Å². The number of nitrogens with zero attached hydrogens (tertiary/aromatic N) is 4. The molecule has 402 valence electrons. The summed E-state index contributed by atoms with van der Waals surface area (Å²) in [5, 5.41) is 0. The first-order valence-electron chi connectivity index (χ1n) is 29.0. The van der Waals surface area contributed by atoms with Gasteiger partial charge in [-0.25, -0.2) is 0 Å².